The highest BCUT2D eigenvalue weighted by Gasteiger charge is 2.22. The highest BCUT2D eigenvalue weighted by atomic mass is 16.5. The van der Waals surface area contributed by atoms with Crippen molar-refractivity contribution in [3.05, 3.63) is 29.8 Å². The van der Waals surface area contributed by atoms with Crippen LogP contribution < -0.4 is 5.32 Å². The van der Waals surface area contributed by atoms with Crippen LogP contribution in [0.1, 0.15) is 111 Å². The Labute approximate surface area is 169 Å². The zero-order valence-corrected chi connectivity index (χ0v) is 19.0. The van der Waals surface area contributed by atoms with E-state index in [1.807, 2.05) is 0 Å². The maximum atomic E-state index is 6.21. The van der Waals surface area contributed by atoms with Gasteiger partial charge in [-0.2, -0.15) is 0 Å². The molecular weight excluding hydrogens is 330 g/mol. The van der Waals surface area contributed by atoms with E-state index in [0.717, 1.165) is 6.42 Å². The van der Waals surface area contributed by atoms with Gasteiger partial charge in [-0.15, -0.1) is 0 Å². The van der Waals surface area contributed by atoms with Gasteiger partial charge in [-0.1, -0.05) is 77.8 Å². The quantitative estimate of drug-likeness (QED) is 0.312. The number of benzene rings is 1. The van der Waals surface area contributed by atoms with Crippen molar-refractivity contribution >= 4 is 5.69 Å². The summed E-state index contributed by atoms with van der Waals surface area (Å²) in [6.45, 7) is 14.3. The van der Waals surface area contributed by atoms with E-state index in [0.29, 0.717) is 6.61 Å². The topological polar surface area (TPSA) is 21.3 Å². The Balaban J connectivity index is 2.52. The van der Waals surface area contributed by atoms with Crippen LogP contribution in [0, 0.1) is 0 Å². The number of anilines is 1. The molecule has 0 aromatic heterocycles. The van der Waals surface area contributed by atoms with Crippen LogP contribution in [0.3, 0.4) is 0 Å². The van der Waals surface area contributed by atoms with E-state index in [1.165, 1.54) is 69.0 Å². The summed E-state index contributed by atoms with van der Waals surface area (Å²) in [4.78, 5) is 0. The van der Waals surface area contributed by atoms with Gasteiger partial charge >= 0.3 is 0 Å². The molecule has 0 saturated carbocycles. The molecule has 0 aliphatic heterocycles. The van der Waals surface area contributed by atoms with E-state index >= 15 is 0 Å². The Hall–Kier alpha value is -1.02. The summed E-state index contributed by atoms with van der Waals surface area (Å²) in [6, 6.07) is 8.85. The smallest absolute Gasteiger partial charge is 0.0724 e. The number of rotatable bonds is 15. The lowest BCUT2D eigenvalue weighted by atomic mass is 9.89. The molecule has 0 heterocycles. The number of nitrogens with one attached hydrogen (secondary N) is 1. The fraction of sp³-hybridized carbons (Fsp3) is 0.760. The second-order valence-electron chi connectivity index (χ2n) is 9.10. The van der Waals surface area contributed by atoms with E-state index < -0.39 is 0 Å². The zero-order valence-electron chi connectivity index (χ0n) is 19.0. The van der Waals surface area contributed by atoms with Gasteiger partial charge in [0.15, 0.2) is 0 Å². The molecule has 27 heavy (non-hydrogen) atoms. The first-order valence-electron chi connectivity index (χ1n) is 11.3. The first-order chi connectivity index (χ1) is 12.8. The molecule has 0 fully saturated rings. The predicted octanol–water partition coefficient (Wildman–Crippen LogP) is 8.11. The van der Waals surface area contributed by atoms with Crippen LogP contribution in [0.2, 0.25) is 0 Å². The molecule has 0 spiro atoms. The molecule has 1 aromatic rings. The molecule has 0 bridgehead atoms. The highest BCUT2D eigenvalue weighted by Crippen LogP contribution is 2.26. The molecule has 0 radical (unpaired) electrons. The first kappa shape index (κ1) is 24.0. The zero-order chi connectivity index (χ0) is 20.2. The molecule has 0 saturated heterocycles. The third kappa shape index (κ3) is 10.2. The van der Waals surface area contributed by atoms with Gasteiger partial charge in [-0.05, 0) is 57.7 Å². The molecule has 0 aliphatic carbocycles. The molecule has 1 aromatic carbocycles. The molecule has 2 heteroatoms. The summed E-state index contributed by atoms with van der Waals surface area (Å²) in [6.07, 6.45) is 12.5. The van der Waals surface area contributed by atoms with Crippen LogP contribution >= 0.6 is 0 Å². The van der Waals surface area contributed by atoms with E-state index in [9.17, 15) is 0 Å². The van der Waals surface area contributed by atoms with Crippen molar-refractivity contribution in [3.8, 4) is 0 Å². The van der Waals surface area contributed by atoms with Gasteiger partial charge in [-0.25, -0.2) is 0 Å². The van der Waals surface area contributed by atoms with Crippen molar-refractivity contribution in [1.29, 1.82) is 0 Å². The highest BCUT2D eigenvalue weighted by molar-refractivity contribution is 5.46. The molecule has 0 aliphatic rings. The summed E-state index contributed by atoms with van der Waals surface area (Å²) < 4.78 is 6.21. The molecule has 2 nitrogen and oxygen atoms in total. The summed E-state index contributed by atoms with van der Waals surface area (Å²) in [5, 5.41) is 3.79. The van der Waals surface area contributed by atoms with Crippen LogP contribution in [0.4, 0.5) is 5.69 Å². The number of ether oxygens (including phenoxy) is 1. The van der Waals surface area contributed by atoms with Crippen molar-refractivity contribution in [1.82, 2.24) is 0 Å². The van der Waals surface area contributed by atoms with Crippen molar-refractivity contribution in [2.24, 2.45) is 0 Å². The van der Waals surface area contributed by atoms with Gasteiger partial charge < -0.3 is 10.1 Å². The van der Waals surface area contributed by atoms with Gasteiger partial charge in [0.05, 0.1) is 12.2 Å². The standard InChI is InChI=1S/C25H45NO/c1-7-10-12-13-19-24(4,5)27-21-22-14-16-23(17-15-22)26-25(6,18-9-3)20-11-8-2/h14-17,26H,7-13,18-21H2,1-6H3. The monoisotopic (exact) mass is 375 g/mol. The van der Waals surface area contributed by atoms with Crippen LogP contribution in [0.15, 0.2) is 24.3 Å². The van der Waals surface area contributed by atoms with Crippen LogP contribution in [-0.4, -0.2) is 11.1 Å². The van der Waals surface area contributed by atoms with Crippen LogP contribution in [0.5, 0.6) is 0 Å². The van der Waals surface area contributed by atoms with E-state index in [2.05, 4.69) is 71.1 Å². The lowest BCUT2D eigenvalue weighted by molar-refractivity contribution is -0.0364. The van der Waals surface area contributed by atoms with Crippen LogP contribution in [-0.2, 0) is 11.3 Å². The SMILES string of the molecule is CCCCCCC(C)(C)OCc1ccc(NC(C)(CCC)CCCC)cc1. The molecular formula is C25H45NO. The Kier molecular flexibility index (Phi) is 11.1. The maximum Gasteiger partial charge on any atom is 0.0724 e. The first-order valence-corrected chi connectivity index (χ1v) is 11.3. The molecule has 1 atom stereocenters. The minimum absolute atomic E-state index is 0.0372. The molecule has 156 valence electrons. The van der Waals surface area contributed by atoms with Crippen molar-refractivity contribution in [2.45, 2.75) is 123 Å². The molecule has 1 rings (SSSR count). The second kappa shape index (κ2) is 12.4. The lowest BCUT2D eigenvalue weighted by Crippen LogP contribution is -2.34. The van der Waals surface area contributed by atoms with Crippen molar-refractivity contribution < 1.29 is 4.74 Å². The summed E-state index contributed by atoms with van der Waals surface area (Å²) in [5.41, 5.74) is 2.64. The van der Waals surface area contributed by atoms with Gasteiger partial charge in [0.25, 0.3) is 0 Å². The second-order valence-corrected chi connectivity index (χ2v) is 9.10. The van der Waals surface area contributed by atoms with Crippen molar-refractivity contribution in [3.63, 3.8) is 0 Å². The molecule has 1 N–H and O–H groups in total. The fourth-order valence-electron chi connectivity index (χ4n) is 3.73. The van der Waals surface area contributed by atoms with Crippen LogP contribution in [0.25, 0.3) is 0 Å². The average Bonchev–Trinajstić information content (AvgIpc) is 2.63. The maximum absolute atomic E-state index is 6.21. The third-order valence-corrected chi connectivity index (χ3v) is 5.55. The minimum Gasteiger partial charge on any atom is -0.380 e. The Morgan fingerprint density at radius 2 is 1.41 bits per heavy atom. The average molecular weight is 376 g/mol. The number of unbranched alkanes of at least 4 members (excludes halogenated alkanes) is 4. The van der Waals surface area contributed by atoms with E-state index in [4.69, 9.17) is 4.74 Å². The van der Waals surface area contributed by atoms with Gasteiger partial charge in [0.1, 0.15) is 0 Å². The third-order valence-electron chi connectivity index (χ3n) is 5.55. The Morgan fingerprint density at radius 3 is 2.00 bits per heavy atom. The van der Waals surface area contributed by atoms with Gasteiger partial charge in [0, 0.05) is 11.2 Å². The molecule has 0 amide bonds. The molecule has 1 unspecified atom stereocenters. The van der Waals surface area contributed by atoms with Crippen molar-refractivity contribution in [2.75, 3.05) is 5.32 Å². The van der Waals surface area contributed by atoms with E-state index in [1.54, 1.807) is 0 Å². The number of hydrogen-bond acceptors (Lipinski definition) is 2. The predicted molar refractivity (Wildman–Crippen MR) is 121 cm³/mol. The largest absolute Gasteiger partial charge is 0.380 e. The van der Waals surface area contributed by atoms with Gasteiger partial charge in [-0.3, -0.25) is 0 Å². The fourth-order valence-corrected chi connectivity index (χ4v) is 3.73. The Bertz CT molecular complexity index is 494. The van der Waals surface area contributed by atoms with Gasteiger partial charge in [0.2, 0.25) is 0 Å². The normalized spacial score (nSPS) is 14.1. The summed E-state index contributed by atoms with van der Waals surface area (Å²) in [5.74, 6) is 0. The summed E-state index contributed by atoms with van der Waals surface area (Å²) >= 11 is 0. The number of hydrogen-bond donors (Lipinski definition) is 1. The Morgan fingerprint density at radius 1 is 0.741 bits per heavy atom. The van der Waals surface area contributed by atoms with E-state index in [-0.39, 0.29) is 11.1 Å². The minimum atomic E-state index is -0.0372. The lowest BCUT2D eigenvalue weighted by Gasteiger charge is -2.32. The summed E-state index contributed by atoms with van der Waals surface area (Å²) in [7, 11) is 0.